The quantitative estimate of drug-likeness (QED) is 0.528. The van der Waals surface area contributed by atoms with E-state index in [4.69, 9.17) is 11.6 Å². The van der Waals surface area contributed by atoms with Crippen molar-refractivity contribution >= 4 is 22.6 Å². The van der Waals surface area contributed by atoms with E-state index in [1.807, 2.05) is 24.3 Å². The average Bonchev–Trinajstić information content (AvgIpc) is 2.93. The lowest BCUT2D eigenvalue weighted by Crippen LogP contribution is -2.41. The molecule has 3 unspecified atom stereocenters. The SMILES string of the molecule is CC(CCc1cccc(O)c1Cl)NC1CCn2c(=O)[nH]c3cccc(c32)C1O. The molecular formula is C21H24ClN3O3. The average molecular weight is 402 g/mol. The normalized spacial score (nSPS) is 20.2. The van der Waals surface area contributed by atoms with Gasteiger partial charge in [0.2, 0.25) is 0 Å². The number of aromatic hydroxyl groups is 1. The lowest BCUT2D eigenvalue weighted by Gasteiger charge is -2.26. The van der Waals surface area contributed by atoms with Crippen LogP contribution in [0.1, 0.15) is 37.0 Å². The van der Waals surface area contributed by atoms with Crippen LogP contribution in [0, 0.1) is 0 Å². The number of rotatable bonds is 5. The minimum atomic E-state index is -0.695. The van der Waals surface area contributed by atoms with Crippen molar-refractivity contribution in [3.8, 4) is 5.75 Å². The second kappa shape index (κ2) is 7.62. The molecule has 1 aliphatic rings. The van der Waals surface area contributed by atoms with Crippen molar-refractivity contribution in [2.24, 2.45) is 0 Å². The fourth-order valence-electron chi connectivity index (χ4n) is 4.10. The summed E-state index contributed by atoms with van der Waals surface area (Å²) in [6.45, 7) is 2.62. The van der Waals surface area contributed by atoms with Gasteiger partial charge in [0, 0.05) is 24.2 Å². The highest BCUT2D eigenvalue weighted by Gasteiger charge is 2.29. The Hall–Kier alpha value is -2.28. The van der Waals surface area contributed by atoms with E-state index in [1.165, 1.54) is 0 Å². The second-order valence-corrected chi connectivity index (χ2v) is 7.90. The summed E-state index contributed by atoms with van der Waals surface area (Å²) >= 11 is 6.17. The molecule has 0 amide bonds. The van der Waals surface area contributed by atoms with Gasteiger partial charge >= 0.3 is 5.69 Å². The number of hydrogen-bond acceptors (Lipinski definition) is 4. The number of nitrogens with zero attached hydrogens (tertiary/aromatic N) is 1. The molecule has 0 saturated heterocycles. The van der Waals surface area contributed by atoms with Crippen LogP contribution in [-0.4, -0.2) is 31.8 Å². The smallest absolute Gasteiger partial charge is 0.326 e. The number of aryl methyl sites for hydroxylation is 2. The number of aromatic amines is 1. The molecule has 3 atom stereocenters. The molecule has 1 aliphatic heterocycles. The highest BCUT2D eigenvalue weighted by molar-refractivity contribution is 6.32. The predicted molar refractivity (Wildman–Crippen MR) is 110 cm³/mol. The van der Waals surface area contributed by atoms with E-state index >= 15 is 0 Å². The van der Waals surface area contributed by atoms with E-state index in [2.05, 4.69) is 17.2 Å². The van der Waals surface area contributed by atoms with Gasteiger partial charge in [0.05, 0.1) is 22.2 Å². The van der Waals surface area contributed by atoms with Crippen molar-refractivity contribution in [3.05, 3.63) is 63.0 Å². The van der Waals surface area contributed by atoms with Gasteiger partial charge in [-0.1, -0.05) is 35.9 Å². The van der Waals surface area contributed by atoms with Gasteiger partial charge in [-0.15, -0.1) is 0 Å². The molecule has 0 saturated carbocycles. The Morgan fingerprint density at radius 1 is 1.32 bits per heavy atom. The molecule has 148 valence electrons. The Morgan fingerprint density at radius 3 is 2.93 bits per heavy atom. The molecule has 4 N–H and O–H groups in total. The Balaban J connectivity index is 1.48. The predicted octanol–water partition coefficient (Wildman–Crippen LogP) is 3.11. The number of para-hydroxylation sites is 1. The zero-order chi connectivity index (χ0) is 19.8. The van der Waals surface area contributed by atoms with Gasteiger partial charge in [-0.2, -0.15) is 0 Å². The first-order valence-electron chi connectivity index (χ1n) is 9.57. The van der Waals surface area contributed by atoms with Gasteiger partial charge in [0.1, 0.15) is 5.75 Å². The minimum absolute atomic E-state index is 0.0965. The van der Waals surface area contributed by atoms with E-state index in [0.717, 1.165) is 35.0 Å². The van der Waals surface area contributed by atoms with Crippen molar-refractivity contribution in [2.75, 3.05) is 0 Å². The number of halogens is 1. The largest absolute Gasteiger partial charge is 0.506 e. The minimum Gasteiger partial charge on any atom is -0.506 e. The third-order valence-corrected chi connectivity index (χ3v) is 6.03. The lowest BCUT2D eigenvalue weighted by atomic mass is 9.98. The van der Waals surface area contributed by atoms with E-state index in [9.17, 15) is 15.0 Å². The summed E-state index contributed by atoms with van der Waals surface area (Å²) in [6, 6.07) is 10.9. The van der Waals surface area contributed by atoms with Gasteiger partial charge in [0.15, 0.2) is 0 Å². The van der Waals surface area contributed by atoms with Crippen molar-refractivity contribution in [1.82, 2.24) is 14.9 Å². The number of benzene rings is 2. The van der Waals surface area contributed by atoms with Gasteiger partial charge < -0.3 is 20.5 Å². The van der Waals surface area contributed by atoms with Crippen molar-refractivity contribution < 1.29 is 10.2 Å². The van der Waals surface area contributed by atoms with E-state index < -0.39 is 6.10 Å². The monoisotopic (exact) mass is 401 g/mol. The number of phenols is 1. The van der Waals surface area contributed by atoms with Crippen LogP contribution < -0.4 is 11.0 Å². The molecule has 2 heterocycles. The molecular weight excluding hydrogens is 378 g/mol. The van der Waals surface area contributed by atoms with Crippen LogP contribution in [0.2, 0.25) is 5.02 Å². The van der Waals surface area contributed by atoms with Crippen LogP contribution in [0.25, 0.3) is 11.0 Å². The van der Waals surface area contributed by atoms with E-state index in [0.29, 0.717) is 18.0 Å². The van der Waals surface area contributed by atoms with Crippen LogP contribution in [0.3, 0.4) is 0 Å². The van der Waals surface area contributed by atoms with Gasteiger partial charge in [-0.25, -0.2) is 4.79 Å². The first kappa shape index (κ1) is 19.1. The zero-order valence-corrected chi connectivity index (χ0v) is 16.4. The Kier molecular flexibility index (Phi) is 5.19. The third kappa shape index (κ3) is 3.43. The number of hydrogen-bond donors (Lipinski definition) is 4. The fourth-order valence-corrected chi connectivity index (χ4v) is 4.32. The molecule has 2 aromatic carbocycles. The Morgan fingerprint density at radius 2 is 2.11 bits per heavy atom. The molecule has 0 aliphatic carbocycles. The summed E-state index contributed by atoms with van der Waals surface area (Å²) in [5.41, 5.74) is 3.09. The molecule has 1 aromatic heterocycles. The maximum atomic E-state index is 12.2. The first-order chi connectivity index (χ1) is 13.5. The molecule has 28 heavy (non-hydrogen) atoms. The summed E-state index contributed by atoms with van der Waals surface area (Å²) < 4.78 is 1.72. The molecule has 0 radical (unpaired) electrons. The summed E-state index contributed by atoms with van der Waals surface area (Å²) in [5, 5.41) is 24.6. The first-order valence-corrected chi connectivity index (χ1v) is 9.95. The van der Waals surface area contributed by atoms with Crippen LogP contribution in [0.15, 0.2) is 41.2 Å². The zero-order valence-electron chi connectivity index (χ0n) is 15.7. The Labute approximate surface area is 167 Å². The van der Waals surface area contributed by atoms with Crippen LogP contribution in [-0.2, 0) is 13.0 Å². The van der Waals surface area contributed by atoms with Crippen LogP contribution >= 0.6 is 11.6 Å². The molecule has 3 aromatic rings. The highest BCUT2D eigenvalue weighted by Crippen LogP contribution is 2.31. The summed E-state index contributed by atoms with van der Waals surface area (Å²) in [7, 11) is 0. The number of imidazole rings is 1. The lowest BCUT2D eigenvalue weighted by molar-refractivity contribution is 0.119. The third-order valence-electron chi connectivity index (χ3n) is 5.59. The molecule has 7 heteroatoms. The second-order valence-electron chi connectivity index (χ2n) is 7.52. The maximum absolute atomic E-state index is 12.2. The van der Waals surface area contributed by atoms with Crippen molar-refractivity contribution in [3.63, 3.8) is 0 Å². The topological polar surface area (TPSA) is 90.3 Å². The maximum Gasteiger partial charge on any atom is 0.326 e. The van der Waals surface area contributed by atoms with Crippen LogP contribution in [0.4, 0.5) is 0 Å². The molecule has 0 bridgehead atoms. The molecule has 4 rings (SSSR count). The summed E-state index contributed by atoms with van der Waals surface area (Å²) in [6.07, 6.45) is 1.49. The molecule has 0 spiro atoms. The molecule has 6 nitrogen and oxygen atoms in total. The van der Waals surface area contributed by atoms with Gasteiger partial charge in [0.25, 0.3) is 0 Å². The summed E-state index contributed by atoms with van der Waals surface area (Å²) in [5.74, 6) is 0.0965. The Bertz CT molecular complexity index is 1060. The van der Waals surface area contributed by atoms with Gasteiger partial charge in [-0.05, 0) is 43.9 Å². The highest BCUT2D eigenvalue weighted by atomic mass is 35.5. The number of aliphatic hydroxyl groups is 1. The van der Waals surface area contributed by atoms with Crippen molar-refractivity contribution in [2.45, 2.75) is 50.9 Å². The number of phenolic OH excluding ortho intramolecular Hbond substituents is 1. The van der Waals surface area contributed by atoms with Crippen LogP contribution in [0.5, 0.6) is 5.75 Å². The van der Waals surface area contributed by atoms with Gasteiger partial charge in [-0.3, -0.25) is 4.57 Å². The number of aromatic nitrogens is 2. The standard InChI is InChI=1S/C21H24ClN3O3/c1-12(8-9-13-4-2-7-17(26)18(13)22)23-16-10-11-25-19-14(20(16)27)5-3-6-15(19)24-21(25)28/h2-7,12,16,20,23,26-27H,8-11H2,1H3,(H,24,28). The van der Waals surface area contributed by atoms with E-state index in [1.54, 1.807) is 16.7 Å². The van der Waals surface area contributed by atoms with E-state index in [-0.39, 0.29) is 23.5 Å². The number of nitrogens with one attached hydrogen (secondary N) is 2. The number of aliphatic hydroxyl groups excluding tert-OH is 1. The number of H-pyrrole nitrogens is 1. The molecule has 0 fully saturated rings. The van der Waals surface area contributed by atoms with Crippen molar-refractivity contribution in [1.29, 1.82) is 0 Å². The summed E-state index contributed by atoms with van der Waals surface area (Å²) in [4.78, 5) is 15.1. The fraction of sp³-hybridized carbons (Fsp3) is 0.381.